The maximum atomic E-state index is 13.3. The van der Waals surface area contributed by atoms with Gasteiger partial charge in [-0.2, -0.15) is 0 Å². The molecule has 0 unspecified atom stereocenters. The number of carbonyl (C=O) groups excluding carboxylic acids is 1. The van der Waals surface area contributed by atoms with Gasteiger partial charge in [0.1, 0.15) is 0 Å². The second kappa shape index (κ2) is 10.2. The van der Waals surface area contributed by atoms with E-state index >= 15 is 0 Å². The van der Waals surface area contributed by atoms with Gasteiger partial charge in [-0.15, -0.1) is 0 Å². The van der Waals surface area contributed by atoms with Gasteiger partial charge in [0.25, 0.3) is 0 Å². The lowest BCUT2D eigenvalue weighted by Crippen LogP contribution is -2.53. The first-order valence-corrected chi connectivity index (χ1v) is 14.5. The fraction of sp³-hybridized carbons (Fsp3) is 0.444. The number of nitrogens with zero attached hydrogens (tertiary/aromatic N) is 2. The number of rotatable bonds is 5. The molecule has 1 aromatic heterocycles. The van der Waals surface area contributed by atoms with E-state index in [1.54, 1.807) is 18.2 Å². The van der Waals surface area contributed by atoms with E-state index < -0.39 is 10.0 Å². The van der Waals surface area contributed by atoms with Crippen molar-refractivity contribution in [2.24, 2.45) is 13.0 Å². The topological polar surface area (TPSA) is 83.4 Å². The van der Waals surface area contributed by atoms with Crippen molar-refractivity contribution in [3.05, 3.63) is 53.6 Å². The third-order valence-electron chi connectivity index (χ3n) is 7.55. The highest BCUT2D eigenvalue weighted by atomic mass is 35.5. The van der Waals surface area contributed by atoms with Gasteiger partial charge in [-0.25, -0.2) is 13.1 Å². The molecule has 192 valence electrons. The van der Waals surface area contributed by atoms with Crippen LogP contribution in [0.2, 0.25) is 5.02 Å². The molecule has 2 aromatic carbocycles. The third kappa shape index (κ3) is 4.92. The Morgan fingerprint density at radius 3 is 2.50 bits per heavy atom. The number of hydrogen-bond donors (Lipinski definition) is 2. The maximum Gasteiger partial charge on any atom is 0.240 e. The van der Waals surface area contributed by atoms with E-state index in [9.17, 15) is 13.2 Å². The minimum Gasteiger partial charge on any atom is -0.342 e. The van der Waals surface area contributed by atoms with Crippen molar-refractivity contribution in [3.63, 3.8) is 0 Å². The lowest BCUT2D eigenvalue weighted by Gasteiger charge is -2.36. The summed E-state index contributed by atoms with van der Waals surface area (Å²) in [6.07, 6.45) is 2.73. The molecular formula is C27H33ClN4O3S. The molecule has 9 heteroatoms. The Morgan fingerprint density at radius 1 is 1.08 bits per heavy atom. The Hall–Kier alpha value is -2.39. The first kappa shape index (κ1) is 25.3. The minimum atomic E-state index is -3.71. The molecule has 1 amide bonds. The molecule has 0 spiro atoms. The van der Waals surface area contributed by atoms with E-state index in [-0.39, 0.29) is 22.8 Å². The zero-order chi connectivity index (χ0) is 25.4. The summed E-state index contributed by atoms with van der Waals surface area (Å²) in [5.74, 6) is 0.194. The summed E-state index contributed by atoms with van der Waals surface area (Å²) in [5, 5.41) is 4.79. The van der Waals surface area contributed by atoms with Gasteiger partial charge in [-0.05, 0) is 56.4 Å². The Labute approximate surface area is 217 Å². The zero-order valence-corrected chi connectivity index (χ0v) is 22.3. The molecule has 1 saturated heterocycles. The van der Waals surface area contributed by atoms with Crippen LogP contribution < -0.4 is 10.0 Å². The van der Waals surface area contributed by atoms with E-state index in [2.05, 4.69) is 17.0 Å². The number of nitrogens with one attached hydrogen (secondary N) is 2. The highest BCUT2D eigenvalue weighted by Crippen LogP contribution is 2.37. The summed E-state index contributed by atoms with van der Waals surface area (Å²) in [6, 6.07) is 15.1. The van der Waals surface area contributed by atoms with Gasteiger partial charge in [-0.1, -0.05) is 41.9 Å². The molecule has 0 radical (unpaired) electrons. The average molecular weight is 529 g/mol. The van der Waals surface area contributed by atoms with Gasteiger partial charge in [0.05, 0.1) is 21.1 Å². The number of piperazine rings is 1. The van der Waals surface area contributed by atoms with Crippen molar-refractivity contribution in [1.29, 1.82) is 0 Å². The number of benzene rings is 2. The van der Waals surface area contributed by atoms with Gasteiger partial charge in [0.2, 0.25) is 15.9 Å². The van der Waals surface area contributed by atoms with E-state index in [4.69, 9.17) is 11.6 Å². The highest BCUT2D eigenvalue weighted by molar-refractivity contribution is 7.89. The van der Waals surface area contributed by atoms with Crippen LogP contribution in [0.4, 0.5) is 0 Å². The van der Waals surface area contributed by atoms with Crippen molar-refractivity contribution < 1.29 is 13.2 Å². The van der Waals surface area contributed by atoms with Crippen molar-refractivity contribution in [1.82, 2.24) is 19.5 Å². The van der Waals surface area contributed by atoms with Gasteiger partial charge < -0.3 is 14.8 Å². The second-order valence-electron chi connectivity index (χ2n) is 10.1. The van der Waals surface area contributed by atoms with Crippen molar-refractivity contribution >= 4 is 38.4 Å². The number of carbonyl (C=O) groups is 1. The number of hydrogen-bond acceptors (Lipinski definition) is 4. The van der Waals surface area contributed by atoms with E-state index in [1.807, 2.05) is 46.8 Å². The Kier molecular flexibility index (Phi) is 7.14. The predicted molar refractivity (Wildman–Crippen MR) is 143 cm³/mol. The predicted octanol–water partition coefficient (Wildman–Crippen LogP) is 4.16. The van der Waals surface area contributed by atoms with Gasteiger partial charge in [-0.3, -0.25) is 4.79 Å². The fourth-order valence-electron chi connectivity index (χ4n) is 5.59. The normalized spacial score (nSPS) is 23.2. The molecule has 2 aliphatic rings. The monoisotopic (exact) mass is 528 g/mol. The van der Waals surface area contributed by atoms with Crippen LogP contribution >= 0.6 is 11.6 Å². The SMILES string of the molecule is C[C@@H]1CN(C(=O)C2CCC(NS(=O)(=O)c3ccc4c(Cl)c(-c5ccccc5)n(C)c4c3)CC2)CCN1. The third-order valence-corrected chi connectivity index (χ3v) is 9.45. The Balaban J connectivity index is 1.29. The fourth-order valence-corrected chi connectivity index (χ4v) is 7.31. The number of sulfonamides is 1. The van der Waals surface area contributed by atoms with Crippen LogP contribution in [-0.2, 0) is 21.9 Å². The van der Waals surface area contributed by atoms with Gasteiger partial charge in [0, 0.05) is 50.1 Å². The zero-order valence-electron chi connectivity index (χ0n) is 20.7. The summed E-state index contributed by atoms with van der Waals surface area (Å²) < 4.78 is 31.4. The van der Waals surface area contributed by atoms with Crippen molar-refractivity contribution in [2.45, 2.75) is 49.6 Å². The lowest BCUT2D eigenvalue weighted by atomic mass is 9.85. The largest absolute Gasteiger partial charge is 0.342 e. The molecule has 2 N–H and O–H groups in total. The van der Waals surface area contributed by atoms with Crippen LogP contribution in [0.3, 0.4) is 0 Å². The Bertz CT molecular complexity index is 1360. The molecule has 1 saturated carbocycles. The van der Waals surface area contributed by atoms with Crippen LogP contribution in [0.15, 0.2) is 53.4 Å². The van der Waals surface area contributed by atoms with Crippen molar-refractivity contribution in [2.75, 3.05) is 19.6 Å². The number of halogens is 1. The maximum absolute atomic E-state index is 13.3. The van der Waals surface area contributed by atoms with Gasteiger partial charge in [0.15, 0.2) is 0 Å². The molecule has 2 fully saturated rings. The molecule has 3 aromatic rings. The molecule has 0 bridgehead atoms. The molecule has 36 heavy (non-hydrogen) atoms. The molecular weight excluding hydrogens is 496 g/mol. The minimum absolute atomic E-state index is 0.0191. The van der Waals surface area contributed by atoms with Crippen LogP contribution in [0.5, 0.6) is 0 Å². The first-order valence-electron chi connectivity index (χ1n) is 12.6. The van der Waals surface area contributed by atoms with Crippen LogP contribution in [0, 0.1) is 5.92 Å². The number of aromatic nitrogens is 1. The molecule has 1 aliphatic carbocycles. The molecule has 7 nitrogen and oxygen atoms in total. The number of amides is 1. The van der Waals surface area contributed by atoms with E-state index in [0.717, 1.165) is 41.8 Å². The summed E-state index contributed by atoms with van der Waals surface area (Å²) in [6.45, 7) is 4.40. The smallest absolute Gasteiger partial charge is 0.240 e. The highest BCUT2D eigenvalue weighted by Gasteiger charge is 2.33. The molecule has 2 heterocycles. The standard InChI is InChI=1S/C27H33ClN4O3S/c1-18-17-32(15-14-29-18)27(33)20-8-10-21(11-9-20)30-36(34,35)22-12-13-23-24(16-22)31(2)26(25(23)28)19-6-4-3-5-7-19/h3-7,12-13,16,18,20-21,29-30H,8-11,14-15,17H2,1-2H3/t18-,20?,21?/m1/s1. The lowest BCUT2D eigenvalue weighted by molar-refractivity contribution is -0.137. The summed E-state index contributed by atoms with van der Waals surface area (Å²) in [5.41, 5.74) is 2.60. The van der Waals surface area contributed by atoms with Gasteiger partial charge >= 0.3 is 0 Å². The summed E-state index contributed by atoms with van der Waals surface area (Å²) in [4.78, 5) is 15.1. The Morgan fingerprint density at radius 2 is 1.81 bits per heavy atom. The van der Waals surface area contributed by atoms with Crippen LogP contribution in [-0.4, -0.2) is 55.5 Å². The molecule has 1 atom stereocenters. The second-order valence-corrected chi connectivity index (χ2v) is 12.2. The molecule has 5 rings (SSSR count). The number of aryl methyl sites for hydroxylation is 1. The van der Waals surface area contributed by atoms with E-state index in [0.29, 0.717) is 36.7 Å². The summed E-state index contributed by atoms with van der Waals surface area (Å²) in [7, 11) is -1.81. The average Bonchev–Trinajstić information content (AvgIpc) is 3.13. The first-order chi connectivity index (χ1) is 17.2. The summed E-state index contributed by atoms with van der Waals surface area (Å²) >= 11 is 6.70. The van der Waals surface area contributed by atoms with Crippen molar-refractivity contribution in [3.8, 4) is 11.3 Å². The van der Waals surface area contributed by atoms with Crippen LogP contribution in [0.25, 0.3) is 22.2 Å². The quantitative estimate of drug-likeness (QED) is 0.521. The van der Waals surface area contributed by atoms with E-state index in [1.165, 1.54) is 0 Å². The molecule has 1 aliphatic heterocycles. The number of fused-ring (bicyclic) bond motifs is 1. The van der Waals surface area contributed by atoms with Crippen LogP contribution in [0.1, 0.15) is 32.6 Å².